The molecule has 14 heavy (non-hydrogen) atoms. The van der Waals surface area contributed by atoms with Crippen LogP contribution in [0.2, 0.25) is 0 Å². The number of ketones is 1. The van der Waals surface area contributed by atoms with Crippen LogP contribution in [0.3, 0.4) is 0 Å². The van der Waals surface area contributed by atoms with Gasteiger partial charge in [-0.15, -0.1) is 0 Å². The Kier molecular flexibility index (Phi) is 5.13. The minimum absolute atomic E-state index is 0.134. The zero-order chi connectivity index (χ0) is 11.1. The van der Waals surface area contributed by atoms with Crippen molar-refractivity contribution in [1.82, 2.24) is 0 Å². The van der Waals surface area contributed by atoms with Crippen LogP contribution in [0, 0.1) is 16.0 Å². The van der Waals surface area contributed by atoms with Gasteiger partial charge in [-0.2, -0.15) is 0 Å². The Morgan fingerprint density at radius 2 is 2.14 bits per heavy atom. The molecule has 0 radical (unpaired) electrons. The number of rotatable bonds is 5. The zero-order valence-corrected chi connectivity index (χ0v) is 7.93. The number of Topliss-reactive ketones (excluding diaryl/α,β-unsaturated/α-hetero) is 1. The number of carbonyl (C=O) groups excluding carboxylic acids is 2. The highest BCUT2D eigenvalue weighted by Crippen LogP contribution is 2.04. The summed E-state index contributed by atoms with van der Waals surface area (Å²) in [6.07, 6.45) is 1.48. The number of nitro groups is 1. The Bertz CT molecular complexity index is 271. The molecule has 0 N–H and O–H groups in total. The quantitative estimate of drug-likeness (QED) is 0.280. The van der Waals surface area contributed by atoms with Gasteiger partial charge < -0.3 is 4.74 Å². The molecule has 0 aromatic heterocycles. The Morgan fingerprint density at radius 3 is 2.50 bits per heavy atom. The van der Waals surface area contributed by atoms with Crippen molar-refractivity contribution in [2.75, 3.05) is 6.61 Å². The third-order valence-electron chi connectivity index (χ3n) is 1.38. The molecular formula is C8H11NO5. The Hall–Kier alpha value is -1.72. The van der Waals surface area contributed by atoms with Gasteiger partial charge in [0.05, 0.1) is 11.5 Å². The predicted octanol–water partition coefficient (Wildman–Crippen LogP) is 0.545. The van der Waals surface area contributed by atoms with Crippen LogP contribution in [0.5, 0.6) is 0 Å². The minimum atomic E-state index is -1.18. The fourth-order valence-electron chi connectivity index (χ4n) is 0.768. The fraction of sp³-hybridized carbons (Fsp3) is 0.500. The second-order valence-corrected chi connectivity index (χ2v) is 2.47. The van der Waals surface area contributed by atoms with E-state index in [1.54, 1.807) is 6.92 Å². The highest BCUT2D eigenvalue weighted by atomic mass is 16.6. The fourth-order valence-corrected chi connectivity index (χ4v) is 0.768. The SMILES string of the molecule is CCOC(=O)C(/C=C\[N+](=O)[O-])C(C)=O. The highest BCUT2D eigenvalue weighted by molar-refractivity contribution is 5.99. The molecule has 0 saturated heterocycles. The molecule has 0 fully saturated rings. The van der Waals surface area contributed by atoms with Gasteiger partial charge in [-0.05, 0) is 13.8 Å². The van der Waals surface area contributed by atoms with Gasteiger partial charge in [-0.1, -0.05) is 0 Å². The normalized spacial score (nSPS) is 12.4. The molecule has 0 rings (SSSR count). The summed E-state index contributed by atoms with van der Waals surface area (Å²) in [5.41, 5.74) is 0. The van der Waals surface area contributed by atoms with E-state index >= 15 is 0 Å². The summed E-state index contributed by atoms with van der Waals surface area (Å²) in [6, 6.07) is 0. The molecule has 6 nitrogen and oxygen atoms in total. The minimum Gasteiger partial charge on any atom is -0.465 e. The number of carbonyl (C=O) groups is 2. The van der Waals surface area contributed by atoms with Crippen LogP contribution in [0.15, 0.2) is 12.3 Å². The van der Waals surface area contributed by atoms with E-state index in [2.05, 4.69) is 4.74 Å². The van der Waals surface area contributed by atoms with Crippen molar-refractivity contribution < 1.29 is 19.2 Å². The first kappa shape index (κ1) is 12.3. The van der Waals surface area contributed by atoms with Crippen molar-refractivity contribution in [3.63, 3.8) is 0 Å². The molecule has 0 aromatic carbocycles. The maximum Gasteiger partial charge on any atom is 0.320 e. The number of nitrogens with zero attached hydrogens (tertiary/aromatic N) is 1. The maximum absolute atomic E-state index is 11.1. The van der Waals surface area contributed by atoms with E-state index < -0.39 is 22.6 Å². The van der Waals surface area contributed by atoms with Crippen LogP contribution in [0.4, 0.5) is 0 Å². The summed E-state index contributed by atoms with van der Waals surface area (Å²) in [5, 5.41) is 9.96. The molecule has 0 aliphatic carbocycles. The Morgan fingerprint density at radius 1 is 1.57 bits per heavy atom. The molecule has 78 valence electrons. The van der Waals surface area contributed by atoms with Gasteiger partial charge in [0.1, 0.15) is 11.7 Å². The molecular weight excluding hydrogens is 190 g/mol. The van der Waals surface area contributed by atoms with Gasteiger partial charge in [0.2, 0.25) is 6.20 Å². The van der Waals surface area contributed by atoms with Crippen molar-refractivity contribution >= 4 is 11.8 Å². The molecule has 0 aliphatic heterocycles. The molecule has 0 saturated carbocycles. The van der Waals surface area contributed by atoms with Crippen molar-refractivity contribution in [2.45, 2.75) is 13.8 Å². The van der Waals surface area contributed by atoms with E-state index in [4.69, 9.17) is 0 Å². The maximum atomic E-state index is 11.1. The molecule has 0 amide bonds. The molecule has 0 aliphatic rings. The molecule has 1 unspecified atom stereocenters. The lowest BCUT2D eigenvalue weighted by Gasteiger charge is -2.06. The molecule has 1 atom stereocenters. The predicted molar refractivity (Wildman–Crippen MR) is 46.9 cm³/mol. The second kappa shape index (κ2) is 5.85. The van der Waals surface area contributed by atoms with Crippen LogP contribution in [-0.2, 0) is 14.3 Å². The Balaban J connectivity index is 4.52. The molecule has 0 aromatic rings. The third-order valence-corrected chi connectivity index (χ3v) is 1.38. The summed E-state index contributed by atoms with van der Waals surface area (Å²) in [6.45, 7) is 2.90. The van der Waals surface area contributed by atoms with Gasteiger partial charge in [0.25, 0.3) is 0 Å². The molecule has 0 bridgehead atoms. The van der Waals surface area contributed by atoms with Crippen molar-refractivity contribution in [3.05, 3.63) is 22.4 Å². The molecule has 0 spiro atoms. The van der Waals surface area contributed by atoms with E-state index in [-0.39, 0.29) is 6.61 Å². The first-order chi connectivity index (χ1) is 6.49. The third kappa shape index (κ3) is 4.34. The highest BCUT2D eigenvalue weighted by Gasteiger charge is 2.22. The number of esters is 1. The zero-order valence-electron chi connectivity index (χ0n) is 7.93. The van der Waals surface area contributed by atoms with E-state index in [1.807, 2.05) is 0 Å². The van der Waals surface area contributed by atoms with Gasteiger partial charge in [-0.25, -0.2) is 0 Å². The lowest BCUT2D eigenvalue weighted by molar-refractivity contribution is -0.402. The summed E-state index contributed by atoms with van der Waals surface area (Å²) in [5.74, 6) is -2.43. The van der Waals surface area contributed by atoms with Gasteiger partial charge >= 0.3 is 5.97 Å². The van der Waals surface area contributed by atoms with E-state index in [0.717, 1.165) is 6.08 Å². The lowest BCUT2D eigenvalue weighted by atomic mass is 10.1. The topological polar surface area (TPSA) is 86.5 Å². The first-order valence-corrected chi connectivity index (χ1v) is 3.98. The summed E-state index contributed by atoms with van der Waals surface area (Å²) in [7, 11) is 0. The van der Waals surface area contributed by atoms with Crippen LogP contribution in [-0.4, -0.2) is 23.3 Å². The van der Waals surface area contributed by atoms with Crippen LogP contribution >= 0.6 is 0 Å². The van der Waals surface area contributed by atoms with Crippen molar-refractivity contribution in [3.8, 4) is 0 Å². The number of ether oxygens (including phenoxy) is 1. The van der Waals surface area contributed by atoms with E-state index in [1.165, 1.54) is 6.92 Å². The summed E-state index contributed by atoms with van der Waals surface area (Å²) in [4.78, 5) is 31.2. The second-order valence-electron chi connectivity index (χ2n) is 2.47. The first-order valence-electron chi connectivity index (χ1n) is 3.98. The number of hydrogen-bond donors (Lipinski definition) is 0. The van der Waals surface area contributed by atoms with Gasteiger partial charge in [-0.3, -0.25) is 19.7 Å². The van der Waals surface area contributed by atoms with Crippen molar-refractivity contribution in [1.29, 1.82) is 0 Å². The van der Waals surface area contributed by atoms with E-state index in [0.29, 0.717) is 6.20 Å². The largest absolute Gasteiger partial charge is 0.465 e. The Labute approximate surface area is 80.7 Å². The average Bonchev–Trinajstić information content (AvgIpc) is 2.03. The van der Waals surface area contributed by atoms with Crippen LogP contribution in [0.1, 0.15) is 13.8 Å². The summed E-state index contributed by atoms with van der Waals surface area (Å²) < 4.78 is 4.56. The average molecular weight is 201 g/mol. The van der Waals surface area contributed by atoms with Crippen LogP contribution in [0.25, 0.3) is 0 Å². The molecule has 0 heterocycles. The monoisotopic (exact) mass is 201 g/mol. The molecule has 6 heteroatoms. The standard InChI is InChI=1S/C8H11NO5/c1-3-14-8(11)7(6(2)10)4-5-9(12)13/h4-5,7H,3H2,1-2H3/b5-4-. The van der Waals surface area contributed by atoms with Crippen LogP contribution < -0.4 is 0 Å². The lowest BCUT2D eigenvalue weighted by Crippen LogP contribution is -2.22. The number of hydrogen-bond acceptors (Lipinski definition) is 5. The van der Waals surface area contributed by atoms with E-state index in [9.17, 15) is 19.7 Å². The van der Waals surface area contributed by atoms with Gasteiger partial charge in [0.15, 0.2) is 0 Å². The van der Waals surface area contributed by atoms with Gasteiger partial charge in [0, 0.05) is 6.08 Å². The van der Waals surface area contributed by atoms with Crippen molar-refractivity contribution in [2.24, 2.45) is 5.92 Å². The summed E-state index contributed by atoms with van der Waals surface area (Å²) >= 11 is 0. The smallest absolute Gasteiger partial charge is 0.320 e.